The van der Waals surface area contributed by atoms with Gasteiger partial charge in [-0.2, -0.15) is 0 Å². The maximum atomic E-state index is 14.1. The fraction of sp³-hybridized carbons (Fsp3) is 0.259. The first-order chi connectivity index (χ1) is 15.9. The fourth-order valence-electron chi connectivity index (χ4n) is 6.72. The van der Waals surface area contributed by atoms with E-state index < -0.39 is 22.2 Å². The van der Waals surface area contributed by atoms with Crippen molar-refractivity contribution < 1.29 is 14.5 Å². The van der Waals surface area contributed by atoms with Crippen LogP contribution in [-0.4, -0.2) is 16.7 Å². The summed E-state index contributed by atoms with van der Waals surface area (Å²) in [5.41, 5.74) is 4.69. The molecule has 7 rings (SSSR count). The molecule has 0 N–H and O–H groups in total. The van der Waals surface area contributed by atoms with Crippen LogP contribution >= 0.6 is 0 Å². The molecular formula is C27H22N2O4. The first-order valence-electron chi connectivity index (χ1n) is 11.2. The minimum absolute atomic E-state index is 0.133. The molecule has 3 aromatic carbocycles. The Morgan fingerprint density at radius 2 is 1.55 bits per heavy atom. The third kappa shape index (κ3) is 2.28. The quantitative estimate of drug-likeness (QED) is 0.332. The van der Waals surface area contributed by atoms with Gasteiger partial charge in [0.1, 0.15) is 0 Å². The number of nitro groups is 1. The van der Waals surface area contributed by atoms with E-state index in [1.807, 2.05) is 24.3 Å². The number of aryl methyl sites for hydroxylation is 1. The first kappa shape index (κ1) is 19.9. The van der Waals surface area contributed by atoms with Crippen LogP contribution in [0.4, 0.5) is 11.4 Å². The number of non-ortho nitro benzene ring substituents is 1. The summed E-state index contributed by atoms with van der Waals surface area (Å²) in [4.78, 5) is 40.2. The third-order valence-corrected chi connectivity index (χ3v) is 8.00. The molecule has 6 heteroatoms. The van der Waals surface area contributed by atoms with Gasteiger partial charge in [-0.1, -0.05) is 61.5 Å². The van der Waals surface area contributed by atoms with Crippen molar-refractivity contribution in [1.82, 2.24) is 0 Å². The van der Waals surface area contributed by atoms with Crippen molar-refractivity contribution in [2.75, 3.05) is 4.90 Å². The molecule has 4 aliphatic rings. The molecule has 1 heterocycles. The van der Waals surface area contributed by atoms with Gasteiger partial charge in [-0.05, 0) is 41.2 Å². The van der Waals surface area contributed by atoms with Crippen LogP contribution in [0.25, 0.3) is 0 Å². The number of carbonyl (C=O) groups excluding carboxylic acids is 2. The molecule has 0 saturated carbocycles. The second-order valence-electron chi connectivity index (χ2n) is 9.22. The van der Waals surface area contributed by atoms with Crippen molar-refractivity contribution in [3.63, 3.8) is 0 Å². The molecular weight excluding hydrogens is 416 g/mol. The van der Waals surface area contributed by atoms with Crippen molar-refractivity contribution in [2.45, 2.75) is 31.6 Å². The molecule has 0 radical (unpaired) electrons. The Morgan fingerprint density at radius 3 is 2.12 bits per heavy atom. The summed E-state index contributed by atoms with van der Waals surface area (Å²) >= 11 is 0. The lowest BCUT2D eigenvalue weighted by molar-refractivity contribution is -0.384. The van der Waals surface area contributed by atoms with Gasteiger partial charge in [0.2, 0.25) is 11.8 Å². The monoisotopic (exact) mass is 438 g/mol. The molecule has 3 aliphatic carbocycles. The number of carbonyl (C=O) groups is 2. The topological polar surface area (TPSA) is 80.5 Å². The Kier molecular flexibility index (Phi) is 3.97. The molecule has 2 bridgehead atoms. The minimum atomic E-state index is -0.608. The van der Waals surface area contributed by atoms with Gasteiger partial charge in [-0.3, -0.25) is 19.7 Å². The summed E-state index contributed by atoms with van der Waals surface area (Å²) < 4.78 is 0. The lowest BCUT2D eigenvalue weighted by Gasteiger charge is -2.54. The van der Waals surface area contributed by atoms with Crippen LogP contribution in [-0.2, 0) is 15.0 Å². The van der Waals surface area contributed by atoms with E-state index >= 15 is 0 Å². The molecule has 2 atom stereocenters. The van der Waals surface area contributed by atoms with Crippen molar-refractivity contribution in [3.05, 3.63) is 105 Å². The molecule has 2 amide bonds. The highest BCUT2D eigenvalue weighted by atomic mass is 16.6. The average molecular weight is 438 g/mol. The van der Waals surface area contributed by atoms with Crippen LogP contribution in [0, 0.1) is 28.9 Å². The Morgan fingerprint density at radius 1 is 0.939 bits per heavy atom. The van der Waals surface area contributed by atoms with Crippen molar-refractivity contribution in [1.29, 1.82) is 0 Å². The molecule has 0 aromatic heterocycles. The van der Waals surface area contributed by atoms with Gasteiger partial charge in [0.25, 0.3) is 5.69 Å². The van der Waals surface area contributed by atoms with Crippen LogP contribution in [0.2, 0.25) is 0 Å². The van der Waals surface area contributed by atoms with Crippen LogP contribution in [0.15, 0.2) is 66.7 Å². The standard InChI is InChI=1S/C27H22N2O4/c1-3-27-19-10-6-4-8-17(19)22(18-9-5-7-11-20(18)27)23-24(27)26(31)28(25(23)30)21-14-16(29(32)33)13-12-15(21)2/h4-14,22-24H,3H2,1-2H3/t22?,23-,24-,27?/m1/s1. The molecule has 3 aromatic rings. The van der Waals surface area contributed by atoms with Gasteiger partial charge in [0, 0.05) is 23.5 Å². The zero-order chi connectivity index (χ0) is 23.1. The number of amides is 2. The summed E-state index contributed by atoms with van der Waals surface area (Å²) in [6, 6.07) is 20.7. The highest BCUT2D eigenvalue weighted by molar-refractivity contribution is 6.24. The van der Waals surface area contributed by atoms with E-state index in [-0.39, 0.29) is 23.4 Å². The first-order valence-corrected chi connectivity index (χ1v) is 11.2. The van der Waals surface area contributed by atoms with E-state index in [9.17, 15) is 19.7 Å². The largest absolute Gasteiger partial charge is 0.274 e. The smallest absolute Gasteiger partial charge is 0.271 e. The van der Waals surface area contributed by atoms with Gasteiger partial charge in [-0.25, -0.2) is 4.90 Å². The molecule has 164 valence electrons. The van der Waals surface area contributed by atoms with Gasteiger partial charge in [0.05, 0.1) is 22.4 Å². The number of nitrogens with zero attached hydrogens (tertiary/aromatic N) is 2. The number of benzene rings is 3. The molecule has 33 heavy (non-hydrogen) atoms. The molecule has 1 aliphatic heterocycles. The van der Waals surface area contributed by atoms with E-state index in [0.29, 0.717) is 17.7 Å². The highest BCUT2D eigenvalue weighted by Gasteiger charge is 2.67. The van der Waals surface area contributed by atoms with Gasteiger partial charge < -0.3 is 0 Å². The predicted octanol–water partition coefficient (Wildman–Crippen LogP) is 4.86. The predicted molar refractivity (Wildman–Crippen MR) is 123 cm³/mol. The second kappa shape index (κ2) is 6.61. The molecule has 0 spiro atoms. The summed E-state index contributed by atoms with van der Waals surface area (Å²) in [5.74, 6) is -1.80. The van der Waals surface area contributed by atoms with Crippen LogP contribution in [0.1, 0.15) is 47.1 Å². The summed E-state index contributed by atoms with van der Waals surface area (Å²) in [5, 5.41) is 11.4. The van der Waals surface area contributed by atoms with Gasteiger partial charge in [-0.15, -0.1) is 0 Å². The maximum absolute atomic E-state index is 14.1. The average Bonchev–Trinajstić information content (AvgIpc) is 3.10. The van der Waals surface area contributed by atoms with Gasteiger partial charge in [0.15, 0.2) is 0 Å². The number of hydrogen-bond acceptors (Lipinski definition) is 4. The van der Waals surface area contributed by atoms with E-state index in [0.717, 1.165) is 22.3 Å². The van der Waals surface area contributed by atoms with E-state index in [1.165, 1.54) is 17.0 Å². The van der Waals surface area contributed by atoms with Crippen molar-refractivity contribution in [2.24, 2.45) is 11.8 Å². The lowest BCUT2D eigenvalue weighted by atomic mass is 9.46. The number of rotatable bonds is 3. The summed E-state index contributed by atoms with van der Waals surface area (Å²) in [6.45, 7) is 3.85. The Bertz CT molecular complexity index is 1330. The summed E-state index contributed by atoms with van der Waals surface area (Å²) in [7, 11) is 0. The number of anilines is 1. The van der Waals surface area contributed by atoms with Crippen LogP contribution < -0.4 is 4.90 Å². The molecule has 0 unspecified atom stereocenters. The SMILES string of the molecule is CCC12c3ccccc3C(c3ccccc31)[C@H]1C(=O)N(c3cc([N+](=O)[O-])ccc3C)C(=O)[C@@H]12. The normalized spacial score (nSPS) is 26.7. The maximum Gasteiger partial charge on any atom is 0.271 e. The van der Waals surface area contributed by atoms with E-state index in [4.69, 9.17) is 0 Å². The Hall–Kier alpha value is -3.80. The molecule has 1 saturated heterocycles. The third-order valence-electron chi connectivity index (χ3n) is 8.00. The molecule has 1 fully saturated rings. The van der Waals surface area contributed by atoms with E-state index in [2.05, 4.69) is 31.2 Å². The Balaban J connectivity index is 1.62. The zero-order valence-electron chi connectivity index (χ0n) is 18.3. The van der Waals surface area contributed by atoms with Gasteiger partial charge >= 0.3 is 0 Å². The number of hydrogen-bond donors (Lipinski definition) is 0. The second-order valence-corrected chi connectivity index (χ2v) is 9.22. The van der Waals surface area contributed by atoms with E-state index in [1.54, 1.807) is 13.0 Å². The minimum Gasteiger partial charge on any atom is -0.274 e. The fourth-order valence-corrected chi connectivity index (χ4v) is 6.72. The van der Waals surface area contributed by atoms with Crippen LogP contribution in [0.3, 0.4) is 0 Å². The van der Waals surface area contributed by atoms with Crippen molar-refractivity contribution in [3.8, 4) is 0 Å². The highest BCUT2D eigenvalue weighted by Crippen LogP contribution is 2.65. The summed E-state index contributed by atoms with van der Waals surface area (Å²) in [6.07, 6.45) is 0.676. The Labute approximate surface area is 191 Å². The molecule has 6 nitrogen and oxygen atoms in total. The van der Waals surface area contributed by atoms with Crippen molar-refractivity contribution >= 4 is 23.2 Å². The number of nitro benzene ring substituents is 1. The number of imide groups is 1. The van der Waals surface area contributed by atoms with Crippen LogP contribution in [0.5, 0.6) is 0 Å². The zero-order valence-corrected chi connectivity index (χ0v) is 18.3. The lowest BCUT2D eigenvalue weighted by Crippen LogP contribution is -2.53.